The molecule has 0 unspecified atom stereocenters. The molecule has 5 nitrogen and oxygen atoms in total. The second-order valence-electron chi connectivity index (χ2n) is 5.06. The summed E-state index contributed by atoms with van der Waals surface area (Å²) in [7, 11) is 2.02. The molecule has 0 amide bonds. The van der Waals surface area contributed by atoms with Crippen molar-refractivity contribution in [3.8, 4) is 0 Å². The summed E-state index contributed by atoms with van der Waals surface area (Å²) >= 11 is 0. The van der Waals surface area contributed by atoms with E-state index in [1.165, 1.54) is 12.8 Å². The summed E-state index contributed by atoms with van der Waals surface area (Å²) in [5.74, 6) is 1.82. The number of pyridine rings is 1. The molecule has 19 heavy (non-hydrogen) atoms. The van der Waals surface area contributed by atoms with Gasteiger partial charge in [0.25, 0.3) is 0 Å². The molecule has 0 bridgehead atoms. The monoisotopic (exact) mass is 257 g/mol. The smallest absolute Gasteiger partial charge is 0.180 e. The first-order valence-electron chi connectivity index (χ1n) is 6.84. The zero-order valence-corrected chi connectivity index (χ0v) is 11.2. The van der Waals surface area contributed by atoms with Crippen molar-refractivity contribution in [2.24, 2.45) is 5.92 Å². The van der Waals surface area contributed by atoms with E-state index < -0.39 is 0 Å². The Balaban J connectivity index is 1.74. The van der Waals surface area contributed by atoms with Gasteiger partial charge in [0.1, 0.15) is 11.3 Å². The Morgan fingerprint density at radius 1 is 1.21 bits per heavy atom. The van der Waals surface area contributed by atoms with Crippen molar-refractivity contribution in [1.29, 1.82) is 0 Å². The van der Waals surface area contributed by atoms with E-state index in [0.29, 0.717) is 0 Å². The standard InChI is InChI=1S/C14H19N5/c1-15-10-11-4-8-19(9-5-11)13-3-2-12-14(18-13)17-7-6-16-12/h2-3,6-7,11,15H,4-5,8-10H2,1H3. The maximum atomic E-state index is 4.61. The molecule has 2 aromatic rings. The molecular formula is C14H19N5. The van der Waals surface area contributed by atoms with Crippen LogP contribution in [0.2, 0.25) is 0 Å². The van der Waals surface area contributed by atoms with E-state index in [2.05, 4.69) is 31.2 Å². The number of hydrogen-bond acceptors (Lipinski definition) is 5. The minimum absolute atomic E-state index is 0.734. The highest BCUT2D eigenvalue weighted by atomic mass is 15.2. The van der Waals surface area contributed by atoms with Crippen LogP contribution in [0, 0.1) is 5.92 Å². The van der Waals surface area contributed by atoms with E-state index in [1.54, 1.807) is 12.4 Å². The Morgan fingerprint density at radius 2 is 2.00 bits per heavy atom. The number of rotatable bonds is 3. The van der Waals surface area contributed by atoms with Gasteiger partial charge in [-0.1, -0.05) is 0 Å². The summed E-state index contributed by atoms with van der Waals surface area (Å²) in [4.78, 5) is 15.5. The van der Waals surface area contributed by atoms with Crippen LogP contribution in [0.4, 0.5) is 5.82 Å². The van der Waals surface area contributed by atoms with Crippen LogP contribution in [-0.2, 0) is 0 Å². The highest BCUT2D eigenvalue weighted by Crippen LogP contribution is 2.22. The predicted octanol–water partition coefficient (Wildman–Crippen LogP) is 1.46. The van der Waals surface area contributed by atoms with E-state index in [4.69, 9.17) is 0 Å². The second kappa shape index (κ2) is 5.48. The van der Waals surface area contributed by atoms with Gasteiger partial charge in [-0.2, -0.15) is 0 Å². The minimum atomic E-state index is 0.734. The molecule has 5 heteroatoms. The largest absolute Gasteiger partial charge is 0.357 e. The fraction of sp³-hybridized carbons (Fsp3) is 0.500. The Morgan fingerprint density at radius 3 is 2.79 bits per heavy atom. The Hall–Kier alpha value is -1.75. The minimum Gasteiger partial charge on any atom is -0.357 e. The molecule has 0 atom stereocenters. The molecule has 100 valence electrons. The average molecular weight is 257 g/mol. The lowest BCUT2D eigenvalue weighted by molar-refractivity contribution is 0.392. The van der Waals surface area contributed by atoms with Crippen molar-refractivity contribution < 1.29 is 0 Å². The molecule has 1 aliphatic heterocycles. The molecule has 1 saturated heterocycles. The van der Waals surface area contributed by atoms with Crippen molar-refractivity contribution in [2.75, 3.05) is 31.6 Å². The third kappa shape index (κ3) is 2.66. The lowest BCUT2D eigenvalue weighted by atomic mass is 9.97. The number of aromatic nitrogens is 3. The van der Waals surface area contributed by atoms with Crippen LogP contribution < -0.4 is 10.2 Å². The molecule has 1 aliphatic rings. The van der Waals surface area contributed by atoms with Gasteiger partial charge in [-0.15, -0.1) is 0 Å². The van der Waals surface area contributed by atoms with Gasteiger partial charge in [-0.3, -0.25) is 4.98 Å². The van der Waals surface area contributed by atoms with Crippen molar-refractivity contribution in [2.45, 2.75) is 12.8 Å². The molecule has 0 aromatic carbocycles. The van der Waals surface area contributed by atoms with Crippen molar-refractivity contribution in [3.05, 3.63) is 24.5 Å². The zero-order chi connectivity index (χ0) is 13.1. The third-order valence-corrected chi connectivity index (χ3v) is 3.75. The fourth-order valence-electron chi connectivity index (χ4n) is 2.68. The lowest BCUT2D eigenvalue weighted by Crippen LogP contribution is -2.37. The number of anilines is 1. The predicted molar refractivity (Wildman–Crippen MR) is 76.2 cm³/mol. The van der Waals surface area contributed by atoms with Gasteiger partial charge in [0.15, 0.2) is 5.65 Å². The summed E-state index contributed by atoms with van der Waals surface area (Å²) in [6.07, 6.45) is 5.84. The first-order valence-corrected chi connectivity index (χ1v) is 6.84. The highest BCUT2D eigenvalue weighted by molar-refractivity contribution is 5.71. The summed E-state index contributed by atoms with van der Waals surface area (Å²) < 4.78 is 0. The number of nitrogens with zero attached hydrogens (tertiary/aromatic N) is 4. The van der Waals surface area contributed by atoms with E-state index in [9.17, 15) is 0 Å². The van der Waals surface area contributed by atoms with Crippen molar-refractivity contribution >= 4 is 17.0 Å². The van der Waals surface area contributed by atoms with Crippen LogP contribution >= 0.6 is 0 Å². The van der Waals surface area contributed by atoms with E-state index >= 15 is 0 Å². The maximum absolute atomic E-state index is 4.61. The third-order valence-electron chi connectivity index (χ3n) is 3.75. The van der Waals surface area contributed by atoms with Crippen LogP contribution in [0.5, 0.6) is 0 Å². The molecule has 0 aliphatic carbocycles. The van der Waals surface area contributed by atoms with Gasteiger partial charge >= 0.3 is 0 Å². The van der Waals surface area contributed by atoms with Crippen LogP contribution in [0.25, 0.3) is 11.2 Å². The van der Waals surface area contributed by atoms with Crippen LogP contribution in [-0.4, -0.2) is 41.6 Å². The van der Waals surface area contributed by atoms with Gasteiger partial charge in [0.05, 0.1) is 0 Å². The molecule has 2 aromatic heterocycles. The molecule has 3 heterocycles. The van der Waals surface area contributed by atoms with Crippen LogP contribution in [0.15, 0.2) is 24.5 Å². The normalized spacial score (nSPS) is 17.0. The summed E-state index contributed by atoms with van der Waals surface area (Å²) in [6, 6.07) is 4.06. The van der Waals surface area contributed by atoms with Gasteiger partial charge in [0.2, 0.25) is 0 Å². The molecule has 1 N–H and O–H groups in total. The van der Waals surface area contributed by atoms with Crippen LogP contribution in [0.3, 0.4) is 0 Å². The van der Waals surface area contributed by atoms with Gasteiger partial charge < -0.3 is 10.2 Å². The van der Waals surface area contributed by atoms with Gasteiger partial charge in [-0.05, 0) is 44.5 Å². The number of hydrogen-bond donors (Lipinski definition) is 1. The first-order chi connectivity index (χ1) is 9.36. The van der Waals surface area contributed by atoms with Crippen LogP contribution in [0.1, 0.15) is 12.8 Å². The molecular weight excluding hydrogens is 238 g/mol. The topological polar surface area (TPSA) is 53.9 Å². The van der Waals surface area contributed by atoms with Crippen molar-refractivity contribution in [1.82, 2.24) is 20.3 Å². The highest BCUT2D eigenvalue weighted by Gasteiger charge is 2.19. The Kier molecular flexibility index (Phi) is 3.55. The summed E-state index contributed by atoms with van der Waals surface area (Å²) in [6.45, 7) is 3.26. The molecule has 3 rings (SSSR count). The SMILES string of the molecule is CNCC1CCN(c2ccc3nccnc3n2)CC1. The first kappa shape index (κ1) is 12.3. The van der Waals surface area contributed by atoms with E-state index in [0.717, 1.165) is 42.5 Å². The number of piperidine rings is 1. The summed E-state index contributed by atoms with van der Waals surface area (Å²) in [5.41, 5.74) is 1.59. The second-order valence-corrected chi connectivity index (χ2v) is 5.06. The lowest BCUT2D eigenvalue weighted by Gasteiger charge is -2.32. The quantitative estimate of drug-likeness (QED) is 0.902. The average Bonchev–Trinajstić information content (AvgIpc) is 2.48. The van der Waals surface area contributed by atoms with Gasteiger partial charge in [0, 0.05) is 25.5 Å². The van der Waals surface area contributed by atoms with Crippen molar-refractivity contribution in [3.63, 3.8) is 0 Å². The van der Waals surface area contributed by atoms with E-state index in [-0.39, 0.29) is 0 Å². The number of fused-ring (bicyclic) bond motifs is 1. The molecule has 0 spiro atoms. The Labute approximate surface area is 113 Å². The number of nitrogens with one attached hydrogen (secondary N) is 1. The zero-order valence-electron chi connectivity index (χ0n) is 11.2. The Bertz CT molecular complexity index is 548. The molecule has 0 radical (unpaired) electrons. The molecule has 0 saturated carbocycles. The summed E-state index contributed by atoms with van der Waals surface area (Å²) in [5, 5.41) is 3.26. The maximum Gasteiger partial charge on any atom is 0.180 e. The fourth-order valence-corrected chi connectivity index (χ4v) is 2.68. The molecule has 1 fully saturated rings. The van der Waals surface area contributed by atoms with Gasteiger partial charge in [-0.25, -0.2) is 9.97 Å². The van der Waals surface area contributed by atoms with E-state index in [1.807, 2.05) is 13.1 Å².